The van der Waals surface area contributed by atoms with Gasteiger partial charge in [0.15, 0.2) is 0 Å². The van der Waals surface area contributed by atoms with Crippen LogP contribution >= 0.6 is 0 Å². The van der Waals surface area contributed by atoms with Crippen molar-refractivity contribution >= 4 is 23.4 Å². The average molecular weight is 389 g/mol. The largest absolute Gasteiger partial charge is 0.494 e. The third-order valence-corrected chi connectivity index (χ3v) is 6.69. The molecule has 3 aromatic rings. The Morgan fingerprint density at radius 2 is 1.72 bits per heavy atom. The van der Waals surface area contributed by atoms with Crippen molar-refractivity contribution in [1.82, 2.24) is 15.3 Å². The zero-order valence-corrected chi connectivity index (χ0v) is 17.6. The van der Waals surface area contributed by atoms with Crippen LogP contribution in [0.1, 0.15) is 52.4 Å². The van der Waals surface area contributed by atoms with Crippen molar-refractivity contribution in [2.45, 2.75) is 57.8 Å². The number of hydrogen-bond donors (Lipinski definition) is 2. The van der Waals surface area contributed by atoms with E-state index in [9.17, 15) is 0 Å². The van der Waals surface area contributed by atoms with Gasteiger partial charge in [-0.15, -0.1) is 0 Å². The van der Waals surface area contributed by atoms with E-state index < -0.39 is 0 Å². The van der Waals surface area contributed by atoms with E-state index in [-0.39, 0.29) is 18.3 Å². The number of nitrogens with one attached hydrogen (secondary N) is 2. The normalized spacial score (nSPS) is 23.2. The van der Waals surface area contributed by atoms with Crippen molar-refractivity contribution in [3.63, 3.8) is 0 Å². The fourth-order valence-corrected chi connectivity index (χ4v) is 4.14. The van der Waals surface area contributed by atoms with Gasteiger partial charge in [0.05, 0.1) is 29.1 Å². The molecule has 2 aromatic carbocycles. The molecule has 2 saturated heterocycles. The monoisotopic (exact) mass is 389 g/mol. The molecule has 1 atom stereocenters. The molecule has 2 aliphatic heterocycles. The summed E-state index contributed by atoms with van der Waals surface area (Å²) < 4.78 is 12.4. The molecule has 2 N–H and O–H groups in total. The Kier molecular flexibility index (Phi) is 4.35. The molecule has 0 aliphatic carbocycles. The van der Waals surface area contributed by atoms with Crippen LogP contribution in [0.5, 0.6) is 0 Å². The zero-order valence-electron chi connectivity index (χ0n) is 17.6. The van der Waals surface area contributed by atoms with Crippen LogP contribution < -0.4 is 10.8 Å². The molecule has 0 saturated carbocycles. The predicted octanol–water partition coefficient (Wildman–Crippen LogP) is 3.95. The van der Waals surface area contributed by atoms with E-state index in [1.54, 1.807) is 0 Å². The van der Waals surface area contributed by atoms with Gasteiger partial charge in [-0.05, 0) is 69.4 Å². The van der Waals surface area contributed by atoms with Crippen LogP contribution in [-0.2, 0) is 9.31 Å². The lowest BCUT2D eigenvalue weighted by atomic mass is 9.78. The van der Waals surface area contributed by atoms with Crippen LogP contribution in [0.15, 0.2) is 42.6 Å². The quantitative estimate of drug-likeness (QED) is 0.666. The van der Waals surface area contributed by atoms with Crippen LogP contribution in [0.25, 0.3) is 22.0 Å². The highest BCUT2D eigenvalue weighted by atomic mass is 16.7. The molecule has 6 heteroatoms. The molecule has 0 spiro atoms. The van der Waals surface area contributed by atoms with Gasteiger partial charge in [-0.1, -0.05) is 30.3 Å². The van der Waals surface area contributed by atoms with E-state index in [4.69, 9.17) is 9.31 Å². The Hall–Kier alpha value is -2.15. The second-order valence-corrected chi connectivity index (χ2v) is 9.24. The molecule has 150 valence electrons. The second kappa shape index (κ2) is 6.69. The lowest BCUT2D eigenvalue weighted by molar-refractivity contribution is 0.00578. The van der Waals surface area contributed by atoms with Crippen molar-refractivity contribution < 1.29 is 9.31 Å². The first-order valence-electron chi connectivity index (χ1n) is 10.5. The number of aromatic nitrogens is 2. The molecule has 0 amide bonds. The molecule has 2 aliphatic rings. The first-order valence-corrected chi connectivity index (χ1v) is 10.5. The van der Waals surface area contributed by atoms with Crippen molar-refractivity contribution in [3.8, 4) is 11.3 Å². The summed E-state index contributed by atoms with van der Waals surface area (Å²) in [6, 6.07) is 13.3. The number of rotatable bonds is 3. The minimum Gasteiger partial charge on any atom is -0.399 e. The summed E-state index contributed by atoms with van der Waals surface area (Å²) in [4.78, 5) is 8.09. The summed E-state index contributed by atoms with van der Waals surface area (Å²) in [5, 5.41) is 5.87. The summed E-state index contributed by atoms with van der Waals surface area (Å²) in [6.07, 6.45) is 4.30. The van der Waals surface area contributed by atoms with Gasteiger partial charge in [-0.3, -0.25) is 0 Å². The third kappa shape index (κ3) is 3.29. The average Bonchev–Trinajstić information content (AvgIpc) is 3.41. The SMILES string of the molecule is CC1(C)OB(c2ccc3cc(-c4cnc(C5CCCN5)[nH]4)ccc3c2)OC1(C)C. The summed E-state index contributed by atoms with van der Waals surface area (Å²) in [7, 11) is -0.335. The summed E-state index contributed by atoms with van der Waals surface area (Å²) in [6.45, 7) is 9.40. The van der Waals surface area contributed by atoms with Crippen LogP contribution in [0.2, 0.25) is 0 Å². The van der Waals surface area contributed by atoms with Crippen molar-refractivity contribution in [2.75, 3.05) is 6.54 Å². The van der Waals surface area contributed by atoms with Gasteiger partial charge in [0.25, 0.3) is 0 Å². The van der Waals surface area contributed by atoms with Crippen LogP contribution in [0.3, 0.4) is 0 Å². The van der Waals surface area contributed by atoms with E-state index in [1.807, 2.05) is 6.20 Å². The van der Waals surface area contributed by atoms with Crippen molar-refractivity contribution in [2.24, 2.45) is 0 Å². The molecular formula is C23H28BN3O2. The molecular weight excluding hydrogens is 361 g/mol. The fourth-order valence-electron chi connectivity index (χ4n) is 4.14. The molecule has 2 fully saturated rings. The maximum atomic E-state index is 6.20. The van der Waals surface area contributed by atoms with Gasteiger partial charge in [0.2, 0.25) is 0 Å². The second-order valence-electron chi connectivity index (χ2n) is 9.24. The maximum absolute atomic E-state index is 6.20. The van der Waals surface area contributed by atoms with Crippen molar-refractivity contribution in [3.05, 3.63) is 48.4 Å². The molecule has 5 nitrogen and oxygen atoms in total. The van der Waals surface area contributed by atoms with E-state index >= 15 is 0 Å². The Labute approximate surface area is 172 Å². The Morgan fingerprint density at radius 1 is 1.00 bits per heavy atom. The van der Waals surface area contributed by atoms with E-state index in [1.165, 1.54) is 17.2 Å². The van der Waals surface area contributed by atoms with Gasteiger partial charge in [-0.2, -0.15) is 0 Å². The predicted molar refractivity (Wildman–Crippen MR) is 117 cm³/mol. The molecule has 29 heavy (non-hydrogen) atoms. The highest BCUT2D eigenvalue weighted by Crippen LogP contribution is 2.36. The lowest BCUT2D eigenvalue weighted by Crippen LogP contribution is -2.41. The highest BCUT2D eigenvalue weighted by Gasteiger charge is 2.51. The number of hydrogen-bond acceptors (Lipinski definition) is 4. The summed E-state index contributed by atoms with van der Waals surface area (Å²) in [5.74, 6) is 1.04. The number of imidazole rings is 1. The molecule has 1 unspecified atom stereocenters. The number of fused-ring (bicyclic) bond motifs is 1. The third-order valence-electron chi connectivity index (χ3n) is 6.69. The maximum Gasteiger partial charge on any atom is 0.494 e. The topological polar surface area (TPSA) is 59.2 Å². The summed E-state index contributed by atoms with van der Waals surface area (Å²) >= 11 is 0. The fraction of sp³-hybridized carbons (Fsp3) is 0.435. The first kappa shape index (κ1) is 18.9. The van der Waals surface area contributed by atoms with E-state index in [0.29, 0.717) is 6.04 Å². The van der Waals surface area contributed by atoms with E-state index in [2.05, 4.69) is 79.4 Å². The van der Waals surface area contributed by atoms with Gasteiger partial charge >= 0.3 is 7.12 Å². The smallest absolute Gasteiger partial charge is 0.399 e. The molecule has 3 heterocycles. The highest BCUT2D eigenvalue weighted by molar-refractivity contribution is 6.62. The first-order chi connectivity index (χ1) is 13.8. The van der Waals surface area contributed by atoms with Gasteiger partial charge in [0, 0.05) is 5.56 Å². The minimum absolute atomic E-state index is 0.330. The molecule has 1 aromatic heterocycles. The minimum atomic E-state index is -0.335. The Balaban J connectivity index is 1.42. The number of H-pyrrole nitrogens is 1. The van der Waals surface area contributed by atoms with Gasteiger partial charge in [0.1, 0.15) is 5.82 Å². The van der Waals surface area contributed by atoms with Gasteiger partial charge in [-0.25, -0.2) is 4.98 Å². The number of nitrogens with zero attached hydrogens (tertiary/aromatic N) is 1. The number of benzene rings is 2. The summed E-state index contributed by atoms with van der Waals surface area (Å²) in [5.41, 5.74) is 2.61. The zero-order chi connectivity index (χ0) is 20.2. The standard InChI is InChI=1S/C23H28BN3O2/c1-22(2)23(3,4)29-24(28-22)18-10-9-15-12-17(8-7-16(15)13-18)20-14-26-21(27-20)19-6-5-11-25-19/h7-10,12-14,19,25H,5-6,11H2,1-4H3,(H,26,27). The Morgan fingerprint density at radius 3 is 2.45 bits per heavy atom. The Bertz CT molecular complexity index is 1040. The van der Waals surface area contributed by atoms with Crippen molar-refractivity contribution in [1.29, 1.82) is 0 Å². The lowest BCUT2D eigenvalue weighted by Gasteiger charge is -2.32. The van der Waals surface area contributed by atoms with E-state index in [0.717, 1.165) is 35.5 Å². The van der Waals surface area contributed by atoms with Crippen LogP contribution in [0.4, 0.5) is 0 Å². The van der Waals surface area contributed by atoms with Gasteiger partial charge < -0.3 is 19.6 Å². The number of aromatic amines is 1. The molecule has 0 radical (unpaired) electrons. The van der Waals surface area contributed by atoms with Crippen LogP contribution in [0, 0.1) is 0 Å². The van der Waals surface area contributed by atoms with Crippen LogP contribution in [-0.4, -0.2) is 34.8 Å². The molecule has 0 bridgehead atoms. The molecule has 5 rings (SSSR count).